The molecule has 0 amide bonds. The van der Waals surface area contributed by atoms with E-state index >= 15 is 0 Å². The minimum absolute atomic E-state index is 0. The first-order valence-corrected chi connectivity index (χ1v) is 7.71. The Labute approximate surface area is 141 Å². The van der Waals surface area contributed by atoms with Crippen molar-refractivity contribution in [3.63, 3.8) is 0 Å². The van der Waals surface area contributed by atoms with Crippen molar-refractivity contribution in [2.24, 2.45) is 7.05 Å². The van der Waals surface area contributed by atoms with Crippen molar-refractivity contribution < 1.29 is 21.8 Å². The Kier molecular flexibility index (Phi) is 15.2. The molecule has 0 saturated heterocycles. The van der Waals surface area contributed by atoms with E-state index in [1.807, 2.05) is 0 Å². The van der Waals surface area contributed by atoms with E-state index in [0.29, 0.717) is 0 Å². The van der Waals surface area contributed by atoms with E-state index in [0.717, 1.165) is 0 Å². The number of imidazole rings is 1. The number of hydrogen-bond acceptors (Lipinski definition) is 0. The molecule has 8 heteroatoms. The highest BCUT2D eigenvalue weighted by atomic mass is 79.9. The predicted octanol–water partition coefficient (Wildman–Crippen LogP) is 5.33. The average Bonchev–Trinajstić information content (AvgIpc) is 2.76. The van der Waals surface area contributed by atoms with Crippen LogP contribution in [0.3, 0.4) is 0 Å². The topological polar surface area (TPSA) is 8.81 Å². The van der Waals surface area contributed by atoms with E-state index in [4.69, 9.17) is 0 Å². The summed E-state index contributed by atoms with van der Waals surface area (Å²) >= 11 is 0. The molecule has 0 unspecified atom stereocenters. The summed E-state index contributed by atoms with van der Waals surface area (Å²) in [7, 11) is -3.93. The van der Waals surface area contributed by atoms with Gasteiger partial charge in [-0.1, -0.05) is 45.4 Å². The van der Waals surface area contributed by atoms with Crippen LogP contribution < -0.4 is 4.57 Å². The van der Waals surface area contributed by atoms with E-state index in [1.165, 1.54) is 57.9 Å². The molecule has 1 aromatic rings. The minimum atomic E-state index is -6.00. The molecule has 0 spiro atoms. The third-order valence-electron chi connectivity index (χ3n) is 3.09. The molecule has 22 heavy (non-hydrogen) atoms. The van der Waals surface area contributed by atoms with Crippen LogP contribution in [0.15, 0.2) is 18.7 Å². The maximum Gasteiger partial charge on any atom is 0.673 e. The van der Waals surface area contributed by atoms with E-state index in [2.05, 4.69) is 41.8 Å². The number of aryl methyl sites for hydroxylation is 2. The number of unbranched alkanes of at least 4 members (excludes halogenated alkanes) is 7. The molecule has 0 aliphatic heterocycles. The Morgan fingerprint density at radius 2 is 1.36 bits per heavy atom. The van der Waals surface area contributed by atoms with Gasteiger partial charge in [0, 0.05) is 0 Å². The monoisotopic (exact) mass is 390 g/mol. The van der Waals surface area contributed by atoms with E-state index in [-0.39, 0.29) is 17.0 Å². The van der Waals surface area contributed by atoms with Gasteiger partial charge in [-0.2, -0.15) is 0 Å². The van der Waals surface area contributed by atoms with Crippen LogP contribution in [0.2, 0.25) is 0 Å². The molecule has 0 radical (unpaired) electrons. The van der Waals surface area contributed by atoms with Crippen molar-refractivity contribution in [1.29, 1.82) is 0 Å². The van der Waals surface area contributed by atoms with E-state index in [9.17, 15) is 17.3 Å². The number of rotatable bonds is 9. The lowest BCUT2D eigenvalue weighted by atomic mass is 10.1. The lowest BCUT2D eigenvalue weighted by molar-refractivity contribution is -0.696. The zero-order valence-corrected chi connectivity index (χ0v) is 15.2. The number of halogens is 5. The molecule has 1 rings (SSSR count). The number of aromatic nitrogens is 2. The summed E-state index contributed by atoms with van der Waals surface area (Å²) in [5, 5.41) is 0. The second-order valence-corrected chi connectivity index (χ2v) is 5.29. The minimum Gasteiger partial charge on any atom is -0.418 e. The molecule has 1 heterocycles. The summed E-state index contributed by atoms with van der Waals surface area (Å²) in [5.74, 6) is 0. The van der Waals surface area contributed by atoms with Gasteiger partial charge in [0.2, 0.25) is 6.33 Å². The molecule has 132 valence electrons. The fourth-order valence-corrected chi connectivity index (χ4v) is 2.06. The standard InChI is InChI=1S/C14H27N2.BF4.BrH/c1-3-4-5-6-7-8-9-10-11-16-13-12-15(2)14-16;2-1(3,4)5;/h12-14H,3-11H2,1-2H3;;1H/q+1;-1;. The van der Waals surface area contributed by atoms with Crippen molar-refractivity contribution in [2.75, 3.05) is 0 Å². The molecular weight excluding hydrogens is 363 g/mol. The highest BCUT2D eigenvalue weighted by Gasteiger charge is 2.20. The zero-order valence-electron chi connectivity index (χ0n) is 13.5. The van der Waals surface area contributed by atoms with Crippen molar-refractivity contribution in [3.8, 4) is 0 Å². The molecule has 0 saturated carbocycles. The van der Waals surface area contributed by atoms with Gasteiger partial charge in [-0.15, -0.1) is 17.0 Å². The first-order chi connectivity index (χ1) is 9.83. The summed E-state index contributed by atoms with van der Waals surface area (Å²) in [6.45, 7) is 3.45. The Morgan fingerprint density at radius 1 is 0.909 bits per heavy atom. The Bertz CT molecular complexity index is 353. The maximum atomic E-state index is 9.75. The van der Waals surface area contributed by atoms with Crippen LogP contribution >= 0.6 is 17.0 Å². The summed E-state index contributed by atoms with van der Waals surface area (Å²) in [6.07, 6.45) is 17.6. The van der Waals surface area contributed by atoms with Crippen LogP contribution in [0.4, 0.5) is 17.3 Å². The van der Waals surface area contributed by atoms with Gasteiger partial charge in [-0.25, -0.2) is 9.13 Å². The second kappa shape index (κ2) is 14.1. The van der Waals surface area contributed by atoms with Crippen LogP contribution in [0.25, 0.3) is 0 Å². The first-order valence-electron chi connectivity index (χ1n) is 7.71. The van der Waals surface area contributed by atoms with Crippen LogP contribution in [0.5, 0.6) is 0 Å². The lowest BCUT2D eigenvalue weighted by Gasteiger charge is -2.00. The van der Waals surface area contributed by atoms with Crippen LogP contribution in [-0.2, 0) is 13.6 Å². The first kappa shape index (κ1) is 23.7. The van der Waals surface area contributed by atoms with Gasteiger partial charge in [0.1, 0.15) is 12.4 Å². The maximum absolute atomic E-state index is 9.75. The van der Waals surface area contributed by atoms with Crippen molar-refractivity contribution in [3.05, 3.63) is 18.7 Å². The van der Waals surface area contributed by atoms with Crippen LogP contribution in [-0.4, -0.2) is 11.8 Å². The molecular formula is C14H28BBrF4N2. The third-order valence-corrected chi connectivity index (χ3v) is 3.09. The highest BCUT2D eigenvalue weighted by molar-refractivity contribution is 8.93. The molecule has 1 aromatic heterocycles. The summed E-state index contributed by atoms with van der Waals surface area (Å²) in [4.78, 5) is 0. The molecule has 0 aliphatic carbocycles. The van der Waals surface area contributed by atoms with Crippen LogP contribution in [0, 0.1) is 0 Å². The molecule has 0 aromatic carbocycles. The van der Waals surface area contributed by atoms with E-state index < -0.39 is 7.25 Å². The number of nitrogens with zero attached hydrogens (tertiary/aromatic N) is 2. The Morgan fingerprint density at radius 3 is 1.77 bits per heavy atom. The van der Waals surface area contributed by atoms with Gasteiger partial charge < -0.3 is 17.3 Å². The number of hydrogen-bond donors (Lipinski definition) is 0. The Balaban J connectivity index is 0. The predicted molar refractivity (Wildman–Crippen MR) is 88.7 cm³/mol. The Hall–Kier alpha value is -0.525. The molecule has 0 aliphatic rings. The van der Waals surface area contributed by atoms with Gasteiger partial charge in [0.05, 0.1) is 13.6 Å². The second-order valence-electron chi connectivity index (χ2n) is 5.29. The molecule has 0 atom stereocenters. The van der Waals surface area contributed by atoms with Crippen molar-refractivity contribution in [2.45, 2.75) is 64.8 Å². The summed E-state index contributed by atoms with van der Waals surface area (Å²) in [5.41, 5.74) is 0. The summed E-state index contributed by atoms with van der Waals surface area (Å²) < 4.78 is 43.4. The SMILES string of the molecule is Br.CCCCCCCCCC[n+]1ccn(C)c1.F[B-](F)(F)F. The van der Waals surface area contributed by atoms with Crippen molar-refractivity contribution >= 4 is 24.2 Å². The molecule has 0 N–H and O–H groups in total. The zero-order chi connectivity index (χ0) is 16.1. The third kappa shape index (κ3) is 19.5. The fraction of sp³-hybridized carbons (Fsp3) is 0.786. The quantitative estimate of drug-likeness (QED) is 0.233. The lowest BCUT2D eigenvalue weighted by Crippen LogP contribution is -2.30. The fourth-order valence-electron chi connectivity index (χ4n) is 2.06. The van der Waals surface area contributed by atoms with Crippen molar-refractivity contribution in [1.82, 2.24) is 4.57 Å². The van der Waals surface area contributed by atoms with Gasteiger partial charge in [-0.3, -0.25) is 0 Å². The van der Waals surface area contributed by atoms with Crippen LogP contribution in [0.1, 0.15) is 58.3 Å². The normalized spacial score (nSPS) is 10.6. The smallest absolute Gasteiger partial charge is 0.418 e. The van der Waals surface area contributed by atoms with Gasteiger partial charge in [0.15, 0.2) is 0 Å². The van der Waals surface area contributed by atoms with Gasteiger partial charge in [0.25, 0.3) is 0 Å². The largest absolute Gasteiger partial charge is 0.673 e. The average molecular weight is 391 g/mol. The highest BCUT2D eigenvalue weighted by Crippen LogP contribution is 2.08. The molecule has 2 nitrogen and oxygen atoms in total. The van der Waals surface area contributed by atoms with E-state index in [1.54, 1.807) is 0 Å². The summed E-state index contributed by atoms with van der Waals surface area (Å²) in [6, 6.07) is 0. The van der Waals surface area contributed by atoms with Gasteiger partial charge in [-0.05, 0) is 12.8 Å². The molecule has 0 bridgehead atoms. The molecule has 0 fully saturated rings. The van der Waals surface area contributed by atoms with Gasteiger partial charge >= 0.3 is 7.25 Å².